The summed E-state index contributed by atoms with van der Waals surface area (Å²) in [6, 6.07) is 20.8. The monoisotopic (exact) mass is 500 g/mol. The van der Waals surface area contributed by atoms with Crippen molar-refractivity contribution in [3.63, 3.8) is 0 Å². The van der Waals surface area contributed by atoms with Gasteiger partial charge in [-0.2, -0.15) is 9.61 Å². The molecule has 0 atom stereocenters. The zero-order valence-corrected chi connectivity index (χ0v) is 20.4. The molecule has 0 radical (unpaired) electrons. The first-order valence-electron chi connectivity index (χ1n) is 11.5. The Morgan fingerprint density at radius 1 is 0.917 bits per heavy atom. The summed E-state index contributed by atoms with van der Waals surface area (Å²) in [4.78, 5) is 4.19. The summed E-state index contributed by atoms with van der Waals surface area (Å²) < 4.78 is 35.9. The lowest BCUT2D eigenvalue weighted by molar-refractivity contribution is 0.309. The van der Waals surface area contributed by atoms with Crippen LogP contribution in [-0.4, -0.2) is 39.8 Å². The van der Waals surface area contributed by atoms with Crippen molar-refractivity contribution < 1.29 is 13.2 Å². The first kappa shape index (κ1) is 23.4. The van der Waals surface area contributed by atoms with Crippen molar-refractivity contribution in [3.05, 3.63) is 85.2 Å². The highest BCUT2D eigenvalue weighted by Crippen LogP contribution is 2.25. The molecule has 0 aliphatic heterocycles. The summed E-state index contributed by atoms with van der Waals surface area (Å²) in [5.74, 6) is 1.24. The van der Waals surface area contributed by atoms with E-state index in [1.165, 1.54) is 12.1 Å². The molecule has 3 heterocycles. The molecule has 182 valence electrons. The molecule has 0 amide bonds. The molecular formula is C26H24N6O3S. The molecule has 0 aliphatic carbocycles. The Morgan fingerprint density at radius 3 is 2.50 bits per heavy atom. The van der Waals surface area contributed by atoms with Crippen molar-refractivity contribution in [1.82, 2.24) is 24.8 Å². The van der Waals surface area contributed by atoms with E-state index in [2.05, 4.69) is 26.8 Å². The minimum atomic E-state index is -3.78. The van der Waals surface area contributed by atoms with E-state index >= 15 is 0 Å². The molecule has 0 saturated carbocycles. The number of nitrogens with zero attached hydrogens (tertiary/aromatic N) is 5. The van der Waals surface area contributed by atoms with E-state index in [9.17, 15) is 8.42 Å². The Labute approximate surface area is 208 Å². The van der Waals surface area contributed by atoms with Crippen LogP contribution in [0.1, 0.15) is 19.8 Å². The summed E-state index contributed by atoms with van der Waals surface area (Å²) in [6.07, 6.45) is 5.35. The lowest BCUT2D eigenvalue weighted by Crippen LogP contribution is -2.13. The fourth-order valence-corrected chi connectivity index (χ4v) is 4.68. The van der Waals surface area contributed by atoms with Gasteiger partial charge in [-0.3, -0.25) is 9.71 Å². The van der Waals surface area contributed by atoms with Gasteiger partial charge in [-0.05, 0) is 67.1 Å². The number of hydrogen-bond acceptors (Lipinski definition) is 7. The molecule has 2 aromatic carbocycles. The van der Waals surface area contributed by atoms with Crippen molar-refractivity contribution in [3.8, 4) is 28.4 Å². The fourth-order valence-electron chi connectivity index (χ4n) is 3.63. The molecule has 0 unspecified atom stereocenters. The zero-order valence-electron chi connectivity index (χ0n) is 19.6. The highest BCUT2D eigenvalue weighted by atomic mass is 32.2. The number of anilines is 1. The van der Waals surface area contributed by atoms with E-state index < -0.39 is 10.0 Å². The van der Waals surface area contributed by atoms with Gasteiger partial charge in [0.1, 0.15) is 5.75 Å². The Morgan fingerprint density at radius 2 is 1.72 bits per heavy atom. The van der Waals surface area contributed by atoms with E-state index in [-0.39, 0.29) is 4.90 Å². The van der Waals surface area contributed by atoms with Crippen molar-refractivity contribution in [2.75, 3.05) is 11.3 Å². The second-order valence-electron chi connectivity index (χ2n) is 8.11. The molecule has 1 N–H and O–H groups in total. The Kier molecular flexibility index (Phi) is 6.59. The molecule has 0 bridgehead atoms. The summed E-state index contributed by atoms with van der Waals surface area (Å²) in [5, 5.41) is 13.1. The third-order valence-electron chi connectivity index (χ3n) is 5.51. The molecule has 9 nitrogen and oxygen atoms in total. The number of sulfonamides is 1. The number of pyridine rings is 1. The van der Waals surface area contributed by atoms with Gasteiger partial charge in [-0.25, -0.2) is 8.42 Å². The van der Waals surface area contributed by atoms with Crippen LogP contribution in [0.4, 0.5) is 5.69 Å². The van der Waals surface area contributed by atoms with Crippen LogP contribution in [0.2, 0.25) is 0 Å². The second-order valence-corrected chi connectivity index (χ2v) is 9.79. The number of nitrogens with one attached hydrogen (secondary N) is 1. The number of ether oxygens (including phenoxy) is 1. The molecule has 0 aliphatic rings. The number of fused-ring (bicyclic) bond motifs is 1. The maximum absolute atomic E-state index is 13.0. The van der Waals surface area contributed by atoms with Crippen molar-refractivity contribution >= 4 is 21.4 Å². The van der Waals surface area contributed by atoms with E-state index in [0.29, 0.717) is 35.2 Å². The quantitative estimate of drug-likeness (QED) is 0.288. The highest BCUT2D eigenvalue weighted by Gasteiger charge is 2.16. The predicted molar refractivity (Wildman–Crippen MR) is 137 cm³/mol. The van der Waals surface area contributed by atoms with Crippen LogP contribution < -0.4 is 9.46 Å². The van der Waals surface area contributed by atoms with E-state index in [1.54, 1.807) is 47.2 Å². The molecule has 36 heavy (non-hydrogen) atoms. The average Bonchev–Trinajstić information content (AvgIpc) is 3.33. The van der Waals surface area contributed by atoms with Gasteiger partial charge in [0.05, 0.1) is 17.2 Å². The number of aromatic nitrogens is 5. The molecule has 5 rings (SSSR count). The van der Waals surface area contributed by atoms with Gasteiger partial charge in [0.2, 0.25) is 0 Å². The lowest BCUT2D eigenvalue weighted by Gasteiger charge is -2.11. The summed E-state index contributed by atoms with van der Waals surface area (Å²) >= 11 is 0. The van der Waals surface area contributed by atoms with Crippen LogP contribution >= 0.6 is 0 Å². The van der Waals surface area contributed by atoms with Crippen LogP contribution in [0.15, 0.2) is 90.1 Å². The minimum Gasteiger partial charge on any atom is -0.494 e. The van der Waals surface area contributed by atoms with Gasteiger partial charge in [0.15, 0.2) is 11.5 Å². The van der Waals surface area contributed by atoms with Crippen molar-refractivity contribution in [2.45, 2.75) is 24.7 Å². The summed E-state index contributed by atoms with van der Waals surface area (Å²) in [6.45, 7) is 2.69. The standard InChI is InChI=1S/C26H24N6O3S/c1-2-3-17-35-22-7-9-23(10-8-22)36(33,34)31-21-6-4-5-20(18-21)24-11-12-25-28-29-26(32(25)30-24)19-13-15-27-16-14-19/h4-16,18,31H,2-3,17H2,1H3. The SMILES string of the molecule is CCCCOc1ccc(S(=O)(=O)Nc2cccc(-c3ccc4nnc(-c5ccncc5)n4n3)c2)cc1. The number of rotatable bonds is 9. The Bertz CT molecular complexity index is 1590. The Balaban J connectivity index is 1.39. The summed E-state index contributed by atoms with van der Waals surface area (Å²) in [7, 11) is -3.78. The van der Waals surface area contributed by atoms with Crippen molar-refractivity contribution in [2.24, 2.45) is 0 Å². The van der Waals surface area contributed by atoms with Gasteiger partial charge in [0.25, 0.3) is 10.0 Å². The number of benzene rings is 2. The highest BCUT2D eigenvalue weighted by molar-refractivity contribution is 7.92. The van der Waals surface area contributed by atoms with Crippen LogP contribution in [0.3, 0.4) is 0 Å². The minimum absolute atomic E-state index is 0.154. The third-order valence-corrected chi connectivity index (χ3v) is 6.91. The van der Waals surface area contributed by atoms with E-state index in [1.807, 2.05) is 30.3 Å². The van der Waals surface area contributed by atoms with Gasteiger partial charge in [0, 0.05) is 29.2 Å². The molecule has 3 aromatic heterocycles. The first-order valence-corrected chi connectivity index (χ1v) is 13.0. The van der Waals surface area contributed by atoms with Crippen molar-refractivity contribution in [1.29, 1.82) is 0 Å². The maximum atomic E-state index is 13.0. The summed E-state index contributed by atoms with van der Waals surface area (Å²) in [5.41, 5.74) is 3.25. The number of hydrogen-bond donors (Lipinski definition) is 1. The fraction of sp³-hybridized carbons (Fsp3) is 0.154. The predicted octanol–water partition coefficient (Wildman–Crippen LogP) is 4.83. The largest absolute Gasteiger partial charge is 0.494 e. The van der Waals surface area contributed by atoms with Crippen LogP contribution in [0.25, 0.3) is 28.3 Å². The molecule has 0 saturated heterocycles. The first-order chi connectivity index (χ1) is 17.5. The van der Waals surface area contributed by atoms with Gasteiger partial charge in [-0.15, -0.1) is 10.2 Å². The molecule has 0 fully saturated rings. The number of unbranched alkanes of at least 4 members (excludes halogenated alkanes) is 1. The van der Waals surface area contributed by atoms with Gasteiger partial charge >= 0.3 is 0 Å². The topological polar surface area (TPSA) is 111 Å². The smallest absolute Gasteiger partial charge is 0.261 e. The molecule has 0 spiro atoms. The van der Waals surface area contributed by atoms with Gasteiger partial charge in [-0.1, -0.05) is 25.5 Å². The van der Waals surface area contributed by atoms with Crippen LogP contribution in [0, 0.1) is 0 Å². The third kappa shape index (κ3) is 5.03. The average molecular weight is 501 g/mol. The Hall–Kier alpha value is -4.31. The van der Waals surface area contributed by atoms with E-state index in [4.69, 9.17) is 9.84 Å². The van der Waals surface area contributed by atoms with Crippen LogP contribution in [0.5, 0.6) is 5.75 Å². The maximum Gasteiger partial charge on any atom is 0.261 e. The molecular weight excluding hydrogens is 476 g/mol. The molecule has 5 aromatic rings. The van der Waals surface area contributed by atoms with E-state index in [0.717, 1.165) is 24.0 Å². The zero-order chi connectivity index (χ0) is 25.0. The van der Waals surface area contributed by atoms with Gasteiger partial charge < -0.3 is 4.74 Å². The lowest BCUT2D eigenvalue weighted by atomic mass is 10.1. The normalized spacial score (nSPS) is 11.5. The second kappa shape index (κ2) is 10.1. The molecule has 10 heteroatoms. The van der Waals surface area contributed by atoms with Crippen LogP contribution in [-0.2, 0) is 10.0 Å².